The zero-order chi connectivity index (χ0) is 28.0. The van der Waals surface area contributed by atoms with Crippen LogP contribution in [0.3, 0.4) is 0 Å². The highest BCUT2D eigenvalue weighted by atomic mass is 35.5. The fraction of sp³-hybridized carbons (Fsp3) is 0.167. The van der Waals surface area contributed by atoms with E-state index in [1.54, 1.807) is 72.8 Å². The maximum Gasteiger partial charge on any atom is 0.255 e. The van der Waals surface area contributed by atoms with E-state index in [-0.39, 0.29) is 11.4 Å². The number of halogens is 1. The van der Waals surface area contributed by atoms with Crippen molar-refractivity contribution < 1.29 is 22.7 Å². The van der Waals surface area contributed by atoms with Crippen LogP contribution < -0.4 is 14.8 Å². The highest BCUT2D eigenvalue weighted by molar-refractivity contribution is 7.89. The van der Waals surface area contributed by atoms with Gasteiger partial charge < -0.3 is 14.8 Å². The lowest BCUT2D eigenvalue weighted by Gasteiger charge is -2.20. The van der Waals surface area contributed by atoms with Crippen LogP contribution in [0.4, 0.5) is 5.69 Å². The molecule has 1 N–H and O–H groups in total. The van der Waals surface area contributed by atoms with Gasteiger partial charge in [0, 0.05) is 29.7 Å². The third-order valence-electron chi connectivity index (χ3n) is 5.91. The third kappa shape index (κ3) is 6.97. The Morgan fingerprint density at radius 1 is 0.923 bits per heavy atom. The molecule has 0 bridgehead atoms. The molecule has 0 saturated carbocycles. The van der Waals surface area contributed by atoms with Gasteiger partial charge in [0.2, 0.25) is 10.0 Å². The Kier molecular flexibility index (Phi) is 8.91. The summed E-state index contributed by atoms with van der Waals surface area (Å²) in [5.74, 6) is 1.12. The second-order valence-electron chi connectivity index (χ2n) is 8.84. The maximum absolute atomic E-state index is 13.3. The van der Waals surface area contributed by atoms with Crippen molar-refractivity contribution in [2.75, 3.05) is 19.0 Å². The van der Waals surface area contributed by atoms with E-state index in [2.05, 4.69) is 5.32 Å². The predicted molar refractivity (Wildman–Crippen MR) is 153 cm³/mol. The molecule has 4 aromatic carbocycles. The number of carbonyl (C=O) groups excluding carboxylic acids is 1. The van der Waals surface area contributed by atoms with Crippen molar-refractivity contribution in [3.8, 4) is 17.2 Å². The Hall–Kier alpha value is -3.85. The van der Waals surface area contributed by atoms with E-state index in [9.17, 15) is 13.2 Å². The predicted octanol–water partition coefficient (Wildman–Crippen LogP) is 6.91. The summed E-state index contributed by atoms with van der Waals surface area (Å²) in [6.07, 6.45) is 0. The minimum atomic E-state index is -3.76. The fourth-order valence-electron chi connectivity index (χ4n) is 3.85. The zero-order valence-corrected chi connectivity index (χ0v) is 23.4. The number of anilines is 1. The topological polar surface area (TPSA) is 84.9 Å². The lowest BCUT2D eigenvalue weighted by Crippen LogP contribution is -2.27. The highest BCUT2D eigenvalue weighted by Crippen LogP contribution is 2.33. The molecule has 0 aromatic heterocycles. The smallest absolute Gasteiger partial charge is 0.255 e. The summed E-state index contributed by atoms with van der Waals surface area (Å²) in [5.41, 5.74) is 2.23. The van der Waals surface area contributed by atoms with Crippen LogP contribution in [0.15, 0.2) is 95.9 Å². The fourth-order valence-corrected chi connectivity index (χ4v) is 5.18. The van der Waals surface area contributed by atoms with Crippen molar-refractivity contribution in [2.45, 2.75) is 25.3 Å². The SMILES string of the molecule is CCOc1ccc(C(=O)Nc2cc(Cl)ccc2Oc2ccccc2)cc1CN(C)S(=O)(=O)c1ccc(C)cc1. The first-order valence-electron chi connectivity index (χ1n) is 12.3. The Bertz CT molecular complexity index is 1560. The van der Waals surface area contributed by atoms with E-state index >= 15 is 0 Å². The molecule has 0 saturated heterocycles. The Morgan fingerprint density at radius 3 is 2.31 bits per heavy atom. The number of nitrogens with zero attached hydrogens (tertiary/aromatic N) is 1. The van der Waals surface area contributed by atoms with Gasteiger partial charge in [-0.1, -0.05) is 47.5 Å². The molecule has 0 unspecified atom stereocenters. The van der Waals surface area contributed by atoms with Crippen LogP contribution >= 0.6 is 11.6 Å². The second kappa shape index (κ2) is 12.3. The lowest BCUT2D eigenvalue weighted by molar-refractivity contribution is 0.102. The van der Waals surface area contributed by atoms with Crippen LogP contribution in [0, 0.1) is 6.92 Å². The minimum Gasteiger partial charge on any atom is -0.494 e. The molecule has 0 radical (unpaired) electrons. The number of ether oxygens (including phenoxy) is 2. The van der Waals surface area contributed by atoms with Crippen molar-refractivity contribution in [2.24, 2.45) is 0 Å². The normalized spacial score (nSPS) is 11.3. The van der Waals surface area contributed by atoms with Gasteiger partial charge in [0.15, 0.2) is 5.75 Å². The summed E-state index contributed by atoms with van der Waals surface area (Å²) in [6, 6.07) is 25.7. The van der Waals surface area contributed by atoms with Gasteiger partial charge >= 0.3 is 0 Å². The number of hydrogen-bond donors (Lipinski definition) is 1. The number of sulfonamides is 1. The first-order chi connectivity index (χ1) is 18.7. The number of hydrogen-bond acceptors (Lipinski definition) is 5. The van der Waals surface area contributed by atoms with Gasteiger partial charge in [-0.05, 0) is 74.5 Å². The number of carbonyl (C=O) groups is 1. The van der Waals surface area contributed by atoms with E-state index in [1.165, 1.54) is 11.4 Å². The monoisotopic (exact) mass is 564 g/mol. The number of aryl methyl sites for hydroxylation is 1. The number of para-hydroxylation sites is 1. The van der Waals surface area contributed by atoms with Gasteiger partial charge in [-0.15, -0.1) is 0 Å². The van der Waals surface area contributed by atoms with Gasteiger partial charge in [-0.2, -0.15) is 4.31 Å². The molecule has 202 valence electrons. The minimum absolute atomic E-state index is 0.00615. The molecule has 9 heteroatoms. The van der Waals surface area contributed by atoms with Crippen LogP contribution in [0.1, 0.15) is 28.4 Å². The van der Waals surface area contributed by atoms with Crippen LogP contribution in [0.5, 0.6) is 17.2 Å². The number of nitrogens with one attached hydrogen (secondary N) is 1. The molecule has 39 heavy (non-hydrogen) atoms. The van der Waals surface area contributed by atoms with Crippen molar-refractivity contribution in [3.05, 3.63) is 113 Å². The molecule has 0 aliphatic heterocycles. The van der Waals surface area contributed by atoms with Gasteiger partial charge in [0.05, 0.1) is 17.2 Å². The summed E-state index contributed by atoms with van der Waals surface area (Å²) in [4.78, 5) is 13.5. The third-order valence-corrected chi connectivity index (χ3v) is 7.96. The van der Waals surface area contributed by atoms with Crippen molar-refractivity contribution >= 4 is 33.2 Å². The zero-order valence-electron chi connectivity index (χ0n) is 21.8. The van der Waals surface area contributed by atoms with E-state index in [1.807, 2.05) is 32.0 Å². The molecule has 0 aliphatic carbocycles. The standard InChI is InChI=1S/C30H29ClN2O5S/c1-4-37-28-16-12-22(18-23(28)20-33(3)39(35,36)26-14-10-21(2)11-15-26)30(34)32-27-19-24(31)13-17-29(27)38-25-8-6-5-7-9-25/h5-19H,4,20H2,1-3H3,(H,32,34). The molecule has 0 fully saturated rings. The number of amides is 1. The summed E-state index contributed by atoms with van der Waals surface area (Å²) < 4.78 is 39.3. The van der Waals surface area contributed by atoms with Crippen LogP contribution in [-0.2, 0) is 16.6 Å². The molecule has 0 atom stereocenters. The van der Waals surface area contributed by atoms with E-state index in [4.69, 9.17) is 21.1 Å². The number of rotatable bonds is 10. The number of benzene rings is 4. The van der Waals surface area contributed by atoms with E-state index < -0.39 is 15.9 Å². The molecule has 7 nitrogen and oxygen atoms in total. The van der Waals surface area contributed by atoms with E-state index in [0.29, 0.717) is 45.7 Å². The molecule has 0 aliphatic rings. The summed E-state index contributed by atoms with van der Waals surface area (Å²) >= 11 is 6.20. The molecule has 4 aromatic rings. The Morgan fingerprint density at radius 2 is 1.62 bits per heavy atom. The van der Waals surface area contributed by atoms with Crippen LogP contribution in [0.25, 0.3) is 0 Å². The molecule has 0 spiro atoms. The lowest BCUT2D eigenvalue weighted by atomic mass is 10.1. The van der Waals surface area contributed by atoms with Crippen molar-refractivity contribution in [3.63, 3.8) is 0 Å². The molecule has 1 amide bonds. The first kappa shape index (κ1) is 28.2. The van der Waals surface area contributed by atoms with Crippen LogP contribution in [-0.4, -0.2) is 32.3 Å². The highest BCUT2D eigenvalue weighted by Gasteiger charge is 2.23. The first-order valence-corrected chi connectivity index (χ1v) is 14.1. The summed E-state index contributed by atoms with van der Waals surface area (Å²) in [7, 11) is -2.26. The van der Waals surface area contributed by atoms with Gasteiger partial charge in [0.25, 0.3) is 5.91 Å². The second-order valence-corrected chi connectivity index (χ2v) is 11.3. The summed E-state index contributed by atoms with van der Waals surface area (Å²) in [6.45, 7) is 4.12. The van der Waals surface area contributed by atoms with E-state index in [0.717, 1.165) is 5.56 Å². The van der Waals surface area contributed by atoms with Gasteiger partial charge in [0.1, 0.15) is 11.5 Å². The average molecular weight is 565 g/mol. The molecule has 4 rings (SSSR count). The van der Waals surface area contributed by atoms with Crippen LogP contribution in [0.2, 0.25) is 5.02 Å². The summed E-state index contributed by atoms with van der Waals surface area (Å²) in [5, 5.41) is 3.29. The Balaban J connectivity index is 1.59. The Labute approximate surface area is 234 Å². The van der Waals surface area contributed by atoms with Gasteiger partial charge in [-0.3, -0.25) is 4.79 Å². The molecular weight excluding hydrogens is 536 g/mol. The van der Waals surface area contributed by atoms with Crippen molar-refractivity contribution in [1.82, 2.24) is 4.31 Å². The molecular formula is C30H29ClN2O5S. The maximum atomic E-state index is 13.3. The quantitative estimate of drug-likeness (QED) is 0.226. The van der Waals surface area contributed by atoms with Crippen molar-refractivity contribution in [1.29, 1.82) is 0 Å². The largest absolute Gasteiger partial charge is 0.494 e. The average Bonchev–Trinajstić information content (AvgIpc) is 2.92. The molecule has 0 heterocycles. The van der Waals surface area contributed by atoms with Gasteiger partial charge in [-0.25, -0.2) is 8.42 Å².